The van der Waals surface area contributed by atoms with Gasteiger partial charge in [0.25, 0.3) is 11.2 Å². The molecule has 0 bridgehead atoms. The number of rotatable bonds is 8. The lowest BCUT2D eigenvalue weighted by Crippen LogP contribution is -2.39. The number of ether oxygens (including phenoxy) is 2. The van der Waals surface area contributed by atoms with E-state index in [0.717, 1.165) is 27.5 Å². The van der Waals surface area contributed by atoms with Gasteiger partial charge in [0.1, 0.15) is 12.4 Å². The second-order valence-electron chi connectivity index (χ2n) is 10.6. The molecular weight excluding hydrogens is 590 g/mol. The van der Waals surface area contributed by atoms with Gasteiger partial charge in [0, 0.05) is 17.7 Å². The van der Waals surface area contributed by atoms with Gasteiger partial charge in [0.15, 0.2) is 4.80 Å². The highest BCUT2D eigenvalue weighted by Gasteiger charge is 2.33. The highest BCUT2D eigenvalue weighted by molar-refractivity contribution is 7.07. The number of aryl methyl sites for hydroxylation is 1. The third-order valence-electron chi connectivity index (χ3n) is 7.66. The topological polar surface area (TPSA) is 113 Å². The molecule has 0 fully saturated rings. The van der Waals surface area contributed by atoms with E-state index < -0.39 is 16.9 Å². The van der Waals surface area contributed by atoms with E-state index in [9.17, 15) is 19.7 Å². The van der Waals surface area contributed by atoms with E-state index in [1.807, 2.05) is 73.7 Å². The Morgan fingerprint density at radius 2 is 1.76 bits per heavy atom. The quantitative estimate of drug-likeness (QED) is 0.124. The van der Waals surface area contributed by atoms with Crippen LogP contribution in [0.2, 0.25) is 0 Å². The molecule has 9 nitrogen and oxygen atoms in total. The summed E-state index contributed by atoms with van der Waals surface area (Å²) >= 11 is 1.25. The van der Waals surface area contributed by atoms with Gasteiger partial charge in [0.05, 0.1) is 33.4 Å². The highest BCUT2D eigenvalue weighted by atomic mass is 32.1. The maximum atomic E-state index is 14.2. The largest absolute Gasteiger partial charge is 0.488 e. The van der Waals surface area contributed by atoms with Crippen molar-refractivity contribution in [3.05, 3.63) is 148 Å². The van der Waals surface area contributed by atoms with Gasteiger partial charge in [-0.25, -0.2) is 9.79 Å². The first-order valence-corrected chi connectivity index (χ1v) is 15.2. The molecule has 4 aromatic carbocycles. The van der Waals surface area contributed by atoms with E-state index in [4.69, 9.17) is 9.47 Å². The molecule has 0 radical (unpaired) electrons. The van der Waals surface area contributed by atoms with Crippen LogP contribution in [0.25, 0.3) is 16.8 Å². The third-order valence-corrected chi connectivity index (χ3v) is 8.64. The van der Waals surface area contributed by atoms with Gasteiger partial charge in [0.2, 0.25) is 0 Å². The van der Waals surface area contributed by atoms with Gasteiger partial charge < -0.3 is 9.47 Å². The molecule has 0 amide bonds. The maximum Gasteiger partial charge on any atom is 0.338 e. The van der Waals surface area contributed by atoms with Crippen LogP contribution in [0.5, 0.6) is 5.75 Å². The summed E-state index contributed by atoms with van der Waals surface area (Å²) in [5, 5.41) is 12.9. The van der Waals surface area contributed by atoms with Gasteiger partial charge in [-0.05, 0) is 66.9 Å². The van der Waals surface area contributed by atoms with Crippen LogP contribution in [0.4, 0.5) is 5.69 Å². The summed E-state index contributed by atoms with van der Waals surface area (Å²) < 4.78 is 13.6. The van der Waals surface area contributed by atoms with Gasteiger partial charge >= 0.3 is 5.97 Å². The third kappa shape index (κ3) is 5.80. The first kappa shape index (κ1) is 29.7. The van der Waals surface area contributed by atoms with E-state index in [1.54, 1.807) is 30.5 Å². The number of esters is 1. The molecule has 5 aromatic rings. The summed E-state index contributed by atoms with van der Waals surface area (Å²) in [6.07, 6.45) is 1.81. The van der Waals surface area contributed by atoms with Crippen molar-refractivity contribution in [1.29, 1.82) is 0 Å². The average Bonchev–Trinajstić information content (AvgIpc) is 3.34. The molecule has 45 heavy (non-hydrogen) atoms. The average molecular weight is 620 g/mol. The SMILES string of the molecule is CCOC(=O)C1=C(C)N=c2s/c(=C\c3c(OCc4ccc([N+](=O)[O-])cc4)ccc4ccccc34)c(=O)n2[C@H]1c1ccc(C)cc1. The zero-order chi connectivity index (χ0) is 31.7. The normalized spacial score (nSPS) is 14.6. The van der Waals surface area contributed by atoms with Crippen molar-refractivity contribution in [3.8, 4) is 5.75 Å². The molecule has 0 saturated heterocycles. The number of fused-ring (bicyclic) bond motifs is 2. The number of hydrogen-bond acceptors (Lipinski definition) is 8. The summed E-state index contributed by atoms with van der Waals surface area (Å²) in [6.45, 7) is 5.86. The van der Waals surface area contributed by atoms with E-state index >= 15 is 0 Å². The molecule has 10 heteroatoms. The number of hydrogen-bond donors (Lipinski definition) is 0. The highest BCUT2D eigenvalue weighted by Crippen LogP contribution is 2.32. The van der Waals surface area contributed by atoms with Crippen LogP contribution in [0.3, 0.4) is 0 Å². The van der Waals surface area contributed by atoms with Gasteiger partial charge in [-0.2, -0.15) is 0 Å². The van der Waals surface area contributed by atoms with Crippen molar-refractivity contribution in [2.45, 2.75) is 33.4 Å². The summed E-state index contributed by atoms with van der Waals surface area (Å²) in [7, 11) is 0. The Bertz CT molecular complexity index is 2160. The summed E-state index contributed by atoms with van der Waals surface area (Å²) in [5.41, 5.74) is 3.87. The van der Waals surface area contributed by atoms with Crippen molar-refractivity contribution in [2.75, 3.05) is 6.61 Å². The molecule has 0 spiro atoms. The van der Waals surface area contributed by atoms with Crippen LogP contribution < -0.4 is 19.6 Å². The lowest BCUT2D eigenvalue weighted by molar-refractivity contribution is -0.384. The van der Waals surface area contributed by atoms with Crippen molar-refractivity contribution in [2.24, 2.45) is 4.99 Å². The van der Waals surface area contributed by atoms with E-state index in [-0.39, 0.29) is 24.5 Å². The lowest BCUT2D eigenvalue weighted by atomic mass is 9.95. The number of nitrogens with zero attached hydrogens (tertiary/aromatic N) is 3. The molecule has 0 saturated carbocycles. The summed E-state index contributed by atoms with van der Waals surface area (Å²) in [5.74, 6) is 0.0472. The van der Waals surface area contributed by atoms with Crippen LogP contribution in [-0.2, 0) is 16.1 Å². The molecule has 1 aliphatic heterocycles. The Hall–Kier alpha value is -5.35. The first-order chi connectivity index (χ1) is 21.7. The number of thiazole rings is 1. The fourth-order valence-corrected chi connectivity index (χ4v) is 6.44. The minimum atomic E-state index is -0.701. The fourth-order valence-electron chi connectivity index (χ4n) is 5.41. The fraction of sp³-hybridized carbons (Fsp3) is 0.171. The maximum absolute atomic E-state index is 14.2. The second-order valence-corrected chi connectivity index (χ2v) is 11.6. The van der Waals surface area contributed by atoms with Crippen LogP contribution >= 0.6 is 11.3 Å². The van der Waals surface area contributed by atoms with Crippen LogP contribution in [0.15, 0.2) is 106 Å². The number of benzene rings is 4. The standard InChI is InChI=1S/C35H29N3O6S/c1-4-43-34(40)31-22(3)36-35-37(32(31)25-13-9-21(2)10-14-25)33(39)30(45-35)19-28-27-8-6-5-7-24(27)15-18-29(28)44-20-23-11-16-26(17-12-23)38(41)42/h5-19,32H,4,20H2,1-3H3/b30-19-/t32-/m0/s1. The molecule has 0 N–H and O–H groups in total. The number of aromatic nitrogens is 1. The van der Waals surface area contributed by atoms with E-state index in [1.165, 1.54) is 23.5 Å². The predicted molar refractivity (Wildman–Crippen MR) is 173 cm³/mol. The van der Waals surface area contributed by atoms with Gasteiger partial charge in [-0.3, -0.25) is 19.5 Å². The number of non-ortho nitro benzene ring substituents is 1. The zero-order valence-corrected chi connectivity index (χ0v) is 25.7. The summed E-state index contributed by atoms with van der Waals surface area (Å²) in [4.78, 5) is 43.2. The second kappa shape index (κ2) is 12.3. The molecular formula is C35H29N3O6S. The van der Waals surface area contributed by atoms with Crippen LogP contribution in [0.1, 0.15) is 42.1 Å². The Labute approximate surface area is 262 Å². The van der Waals surface area contributed by atoms with Gasteiger partial charge in [-0.15, -0.1) is 0 Å². The first-order valence-electron chi connectivity index (χ1n) is 14.4. The Morgan fingerprint density at radius 3 is 2.47 bits per heavy atom. The number of nitro groups is 1. The molecule has 2 heterocycles. The summed E-state index contributed by atoms with van der Waals surface area (Å²) in [6, 6.07) is 24.9. The molecule has 226 valence electrons. The molecule has 0 unspecified atom stereocenters. The molecule has 1 aliphatic rings. The predicted octanol–water partition coefficient (Wildman–Crippen LogP) is 5.75. The smallest absolute Gasteiger partial charge is 0.338 e. The molecule has 1 aromatic heterocycles. The van der Waals surface area contributed by atoms with Crippen LogP contribution in [0, 0.1) is 17.0 Å². The Balaban J connectivity index is 1.49. The minimum Gasteiger partial charge on any atom is -0.488 e. The molecule has 0 aliphatic carbocycles. The van der Waals surface area contributed by atoms with Gasteiger partial charge in [-0.1, -0.05) is 71.5 Å². The van der Waals surface area contributed by atoms with Crippen molar-refractivity contribution in [3.63, 3.8) is 0 Å². The number of carbonyl (C=O) groups is 1. The van der Waals surface area contributed by atoms with Crippen LogP contribution in [-0.4, -0.2) is 22.1 Å². The zero-order valence-electron chi connectivity index (χ0n) is 24.9. The van der Waals surface area contributed by atoms with E-state index in [2.05, 4.69) is 4.99 Å². The molecule has 1 atom stereocenters. The van der Waals surface area contributed by atoms with Crippen molar-refractivity contribution < 1.29 is 19.2 Å². The Kier molecular flexibility index (Phi) is 8.14. The van der Waals surface area contributed by atoms with E-state index in [0.29, 0.717) is 31.9 Å². The monoisotopic (exact) mass is 619 g/mol. The minimum absolute atomic E-state index is 0.00538. The number of nitro benzene ring substituents is 1. The lowest BCUT2D eigenvalue weighted by Gasteiger charge is -2.24. The number of allylic oxidation sites excluding steroid dienone is 1. The van der Waals surface area contributed by atoms with Crippen molar-refractivity contribution >= 4 is 39.8 Å². The number of carbonyl (C=O) groups excluding carboxylic acids is 1. The molecule has 6 rings (SSSR count). The Morgan fingerprint density at radius 1 is 1.02 bits per heavy atom. The van der Waals surface area contributed by atoms with Crippen molar-refractivity contribution in [1.82, 2.24) is 4.57 Å².